The van der Waals surface area contributed by atoms with E-state index in [0.717, 1.165) is 38.8 Å². The second kappa shape index (κ2) is 4.39. The van der Waals surface area contributed by atoms with Gasteiger partial charge in [0.1, 0.15) is 5.37 Å². The normalized spacial score (nSPS) is 30.9. The Morgan fingerprint density at radius 1 is 1.27 bits per heavy atom. The van der Waals surface area contributed by atoms with Crippen molar-refractivity contribution in [3.8, 4) is 0 Å². The third-order valence-electron chi connectivity index (χ3n) is 3.60. The molecule has 1 atom stereocenters. The molecule has 4 nitrogen and oxygen atoms in total. The molecule has 2 rings (SSSR count). The van der Waals surface area contributed by atoms with Gasteiger partial charge in [0.25, 0.3) is 0 Å². The molecule has 1 aliphatic heterocycles. The van der Waals surface area contributed by atoms with Gasteiger partial charge in [-0.3, -0.25) is 4.90 Å². The van der Waals surface area contributed by atoms with Crippen molar-refractivity contribution in [3.63, 3.8) is 0 Å². The Morgan fingerprint density at radius 2 is 1.93 bits per heavy atom. The van der Waals surface area contributed by atoms with Crippen LogP contribution in [0.25, 0.3) is 0 Å². The van der Waals surface area contributed by atoms with E-state index >= 15 is 0 Å². The van der Waals surface area contributed by atoms with Crippen LogP contribution in [0.1, 0.15) is 25.7 Å². The monoisotopic (exact) mass is 232 g/mol. The Morgan fingerprint density at radius 3 is 2.53 bits per heavy atom. The Hall–Kier alpha value is -0.130. The van der Waals surface area contributed by atoms with E-state index in [9.17, 15) is 8.42 Å². The van der Waals surface area contributed by atoms with E-state index in [1.54, 1.807) is 0 Å². The molecule has 0 radical (unpaired) electrons. The van der Waals surface area contributed by atoms with E-state index < -0.39 is 9.84 Å². The van der Waals surface area contributed by atoms with E-state index in [4.69, 9.17) is 0 Å². The van der Waals surface area contributed by atoms with Crippen LogP contribution >= 0.6 is 0 Å². The van der Waals surface area contributed by atoms with Gasteiger partial charge in [0, 0.05) is 19.6 Å². The largest absolute Gasteiger partial charge is 0.313 e. The maximum atomic E-state index is 12.3. The SMILES string of the molecule is CN1CCNCC1S(=O)(=O)C1CCCC1. The highest BCUT2D eigenvalue weighted by Crippen LogP contribution is 2.28. The van der Waals surface area contributed by atoms with Crippen molar-refractivity contribution >= 4 is 9.84 Å². The first-order chi connectivity index (χ1) is 7.12. The molecule has 0 aromatic rings. The summed E-state index contributed by atoms with van der Waals surface area (Å²) in [6, 6.07) is 0. The van der Waals surface area contributed by atoms with Crippen LogP contribution < -0.4 is 5.32 Å². The molecule has 1 heterocycles. The molecule has 0 aromatic carbocycles. The summed E-state index contributed by atoms with van der Waals surface area (Å²) in [7, 11) is -1.03. The van der Waals surface area contributed by atoms with Gasteiger partial charge in [-0.2, -0.15) is 0 Å². The highest BCUT2D eigenvalue weighted by Gasteiger charge is 2.38. The molecular formula is C10H20N2O2S. The molecule has 0 aromatic heterocycles. The number of sulfone groups is 1. The third-order valence-corrected chi connectivity index (χ3v) is 6.28. The van der Waals surface area contributed by atoms with Crippen LogP contribution in [-0.2, 0) is 9.84 Å². The lowest BCUT2D eigenvalue weighted by Gasteiger charge is -2.34. The topological polar surface area (TPSA) is 49.4 Å². The van der Waals surface area contributed by atoms with E-state index in [-0.39, 0.29) is 10.6 Å². The first-order valence-corrected chi connectivity index (χ1v) is 7.37. The molecule has 2 fully saturated rings. The Balaban J connectivity index is 2.12. The third kappa shape index (κ3) is 2.19. The zero-order valence-electron chi connectivity index (χ0n) is 9.28. The van der Waals surface area contributed by atoms with Crippen LogP contribution in [0.4, 0.5) is 0 Å². The molecule has 88 valence electrons. The minimum Gasteiger partial charge on any atom is -0.313 e. The summed E-state index contributed by atoms with van der Waals surface area (Å²) in [4.78, 5) is 1.98. The van der Waals surface area contributed by atoms with Gasteiger partial charge in [0.05, 0.1) is 5.25 Å². The number of hydrogen-bond donors (Lipinski definition) is 1. The Labute approximate surface area is 91.9 Å². The highest BCUT2D eigenvalue weighted by molar-refractivity contribution is 7.92. The average Bonchev–Trinajstić information content (AvgIpc) is 2.71. The van der Waals surface area contributed by atoms with Crippen LogP contribution in [0.15, 0.2) is 0 Å². The van der Waals surface area contributed by atoms with Gasteiger partial charge in [0.15, 0.2) is 9.84 Å². The maximum Gasteiger partial charge on any atom is 0.170 e. The number of likely N-dealkylation sites (N-methyl/N-ethyl adjacent to an activating group) is 1. The fraction of sp³-hybridized carbons (Fsp3) is 1.00. The van der Waals surface area contributed by atoms with Gasteiger partial charge in [-0.1, -0.05) is 12.8 Å². The predicted molar refractivity (Wildman–Crippen MR) is 60.5 cm³/mol. The number of hydrogen-bond acceptors (Lipinski definition) is 4. The second-order valence-electron chi connectivity index (χ2n) is 4.63. The van der Waals surface area contributed by atoms with Crippen LogP contribution in [0.3, 0.4) is 0 Å². The lowest BCUT2D eigenvalue weighted by Crippen LogP contribution is -2.54. The number of rotatable bonds is 2. The molecule has 1 saturated heterocycles. The Bertz CT molecular complexity index is 309. The fourth-order valence-electron chi connectivity index (χ4n) is 2.59. The second-order valence-corrected chi connectivity index (χ2v) is 7.02. The van der Waals surface area contributed by atoms with Gasteiger partial charge in [0.2, 0.25) is 0 Å². The van der Waals surface area contributed by atoms with Gasteiger partial charge in [-0.05, 0) is 19.9 Å². The minimum atomic E-state index is -2.95. The molecule has 1 N–H and O–H groups in total. The zero-order valence-corrected chi connectivity index (χ0v) is 10.1. The minimum absolute atomic E-state index is 0.0788. The van der Waals surface area contributed by atoms with E-state index in [1.807, 2.05) is 11.9 Å². The summed E-state index contributed by atoms with van der Waals surface area (Å²) < 4.78 is 24.6. The average molecular weight is 232 g/mol. The summed E-state index contributed by atoms with van der Waals surface area (Å²) in [5.74, 6) is 0. The summed E-state index contributed by atoms with van der Waals surface area (Å²) in [6.45, 7) is 2.32. The first kappa shape index (κ1) is 11.4. The van der Waals surface area contributed by atoms with Crippen molar-refractivity contribution in [1.29, 1.82) is 0 Å². The molecule has 0 amide bonds. The summed E-state index contributed by atoms with van der Waals surface area (Å²) in [6.07, 6.45) is 3.89. The van der Waals surface area contributed by atoms with Crippen molar-refractivity contribution in [2.75, 3.05) is 26.7 Å². The summed E-state index contributed by atoms with van der Waals surface area (Å²) in [5.41, 5.74) is 0. The molecule has 0 bridgehead atoms. The van der Waals surface area contributed by atoms with E-state index in [1.165, 1.54) is 0 Å². The van der Waals surface area contributed by atoms with Crippen LogP contribution in [0.5, 0.6) is 0 Å². The van der Waals surface area contributed by atoms with Gasteiger partial charge in [-0.15, -0.1) is 0 Å². The molecular weight excluding hydrogens is 212 g/mol. The van der Waals surface area contributed by atoms with Crippen molar-refractivity contribution < 1.29 is 8.42 Å². The van der Waals surface area contributed by atoms with Crippen molar-refractivity contribution in [2.45, 2.75) is 36.3 Å². The van der Waals surface area contributed by atoms with E-state index in [0.29, 0.717) is 6.54 Å². The lowest BCUT2D eigenvalue weighted by atomic mass is 10.4. The smallest absolute Gasteiger partial charge is 0.170 e. The first-order valence-electron chi connectivity index (χ1n) is 5.76. The zero-order chi connectivity index (χ0) is 10.9. The van der Waals surface area contributed by atoms with Crippen molar-refractivity contribution in [1.82, 2.24) is 10.2 Å². The molecule has 0 spiro atoms. The van der Waals surface area contributed by atoms with Gasteiger partial charge in [-0.25, -0.2) is 8.42 Å². The standard InChI is InChI=1S/C10H20N2O2S/c1-12-7-6-11-8-10(12)15(13,14)9-4-2-3-5-9/h9-11H,2-8H2,1H3. The number of nitrogens with zero attached hydrogens (tertiary/aromatic N) is 1. The lowest BCUT2D eigenvalue weighted by molar-refractivity contribution is 0.254. The number of nitrogens with one attached hydrogen (secondary N) is 1. The highest BCUT2D eigenvalue weighted by atomic mass is 32.2. The van der Waals surface area contributed by atoms with Crippen LogP contribution in [0, 0.1) is 0 Å². The molecule has 5 heteroatoms. The van der Waals surface area contributed by atoms with Crippen LogP contribution in [-0.4, -0.2) is 50.6 Å². The molecule has 1 aliphatic carbocycles. The quantitative estimate of drug-likeness (QED) is 0.739. The predicted octanol–water partition coefficient (Wildman–Crippen LogP) is 0.205. The van der Waals surface area contributed by atoms with Gasteiger partial charge < -0.3 is 5.32 Å². The number of piperazine rings is 1. The van der Waals surface area contributed by atoms with E-state index in [2.05, 4.69) is 5.32 Å². The fourth-order valence-corrected chi connectivity index (χ4v) is 4.98. The van der Waals surface area contributed by atoms with Gasteiger partial charge >= 0.3 is 0 Å². The molecule has 1 saturated carbocycles. The summed E-state index contributed by atoms with van der Waals surface area (Å²) >= 11 is 0. The Kier molecular flexibility index (Phi) is 3.33. The van der Waals surface area contributed by atoms with Crippen molar-refractivity contribution in [3.05, 3.63) is 0 Å². The van der Waals surface area contributed by atoms with Crippen LogP contribution in [0.2, 0.25) is 0 Å². The summed E-state index contributed by atoms with van der Waals surface area (Å²) in [5, 5.41) is 2.80. The molecule has 15 heavy (non-hydrogen) atoms. The van der Waals surface area contributed by atoms with Crippen molar-refractivity contribution in [2.24, 2.45) is 0 Å². The molecule has 2 aliphatic rings. The maximum absolute atomic E-state index is 12.3. The molecule has 1 unspecified atom stereocenters.